The fourth-order valence-electron chi connectivity index (χ4n) is 2.46. The van der Waals surface area contributed by atoms with Gasteiger partial charge >= 0.3 is 0 Å². The number of piperidine rings is 1. The van der Waals surface area contributed by atoms with Crippen LogP contribution in [0.1, 0.15) is 23.7 Å². The van der Waals surface area contributed by atoms with E-state index in [-0.39, 0.29) is 5.91 Å². The van der Waals surface area contributed by atoms with Crippen molar-refractivity contribution in [1.29, 1.82) is 0 Å². The van der Waals surface area contributed by atoms with E-state index in [0.717, 1.165) is 26.1 Å². The van der Waals surface area contributed by atoms with Crippen molar-refractivity contribution >= 4 is 5.91 Å². The van der Waals surface area contributed by atoms with Crippen molar-refractivity contribution < 1.29 is 9.53 Å². The lowest BCUT2D eigenvalue weighted by Gasteiger charge is -2.29. The zero-order valence-corrected chi connectivity index (χ0v) is 11.6. The summed E-state index contributed by atoms with van der Waals surface area (Å²) in [6.07, 6.45) is 1.12. The maximum Gasteiger partial charge on any atom is 0.251 e. The van der Waals surface area contributed by atoms with Crippen molar-refractivity contribution in [3.05, 3.63) is 29.8 Å². The molecule has 0 saturated carbocycles. The number of ether oxygens (including phenoxy) is 1. The summed E-state index contributed by atoms with van der Waals surface area (Å²) in [5.41, 5.74) is 0.654. The minimum Gasteiger partial charge on any atom is -0.497 e. The van der Waals surface area contributed by atoms with Crippen LogP contribution in [0.3, 0.4) is 0 Å². The van der Waals surface area contributed by atoms with Crippen LogP contribution in [0.2, 0.25) is 0 Å². The van der Waals surface area contributed by atoms with E-state index in [1.54, 1.807) is 13.2 Å². The highest BCUT2D eigenvalue weighted by Gasteiger charge is 2.21. The number of carbonyl (C=O) groups excluding carboxylic acids is 1. The third-order valence-corrected chi connectivity index (χ3v) is 3.82. The Bertz CT molecular complexity index is 434. The van der Waals surface area contributed by atoms with E-state index in [4.69, 9.17) is 4.74 Å². The molecule has 0 radical (unpaired) electrons. The van der Waals surface area contributed by atoms with Crippen LogP contribution in [0.25, 0.3) is 0 Å². The maximum atomic E-state index is 12.1. The van der Waals surface area contributed by atoms with Crippen LogP contribution in [0.15, 0.2) is 24.3 Å². The number of carbonyl (C=O) groups is 1. The highest BCUT2D eigenvalue weighted by Crippen LogP contribution is 2.18. The summed E-state index contributed by atoms with van der Waals surface area (Å²) in [4.78, 5) is 12.1. The molecular formula is C15H22N2O2. The molecule has 0 aromatic heterocycles. The van der Waals surface area contributed by atoms with Crippen LogP contribution in [0.5, 0.6) is 5.75 Å². The Morgan fingerprint density at radius 3 is 3.11 bits per heavy atom. The molecule has 4 nitrogen and oxygen atoms in total. The fourth-order valence-corrected chi connectivity index (χ4v) is 2.46. The summed E-state index contributed by atoms with van der Waals surface area (Å²) in [5.74, 6) is 1.86. The normalized spacial score (nSPS) is 22.8. The summed E-state index contributed by atoms with van der Waals surface area (Å²) in [6.45, 7) is 5.07. The van der Waals surface area contributed by atoms with Crippen molar-refractivity contribution in [3.63, 3.8) is 0 Å². The van der Waals surface area contributed by atoms with E-state index < -0.39 is 0 Å². The van der Waals surface area contributed by atoms with Gasteiger partial charge in [-0.25, -0.2) is 0 Å². The molecule has 2 rings (SSSR count). The molecule has 1 aliphatic rings. The highest BCUT2D eigenvalue weighted by molar-refractivity contribution is 5.94. The number of hydrogen-bond donors (Lipinski definition) is 2. The number of methoxy groups -OCH3 is 1. The van der Waals surface area contributed by atoms with Crippen LogP contribution in [0.4, 0.5) is 0 Å². The molecule has 19 heavy (non-hydrogen) atoms. The second-order valence-electron chi connectivity index (χ2n) is 5.17. The van der Waals surface area contributed by atoms with E-state index in [1.165, 1.54) is 0 Å². The first-order valence-electron chi connectivity index (χ1n) is 6.83. The molecule has 1 aromatic carbocycles. The first-order chi connectivity index (χ1) is 9.20. The van der Waals surface area contributed by atoms with Crippen LogP contribution in [0, 0.1) is 11.8 Å². The average molecular weight is 262 g/mol. The van der Waals surface area contributed by atoms with Gasteiger partial charge in [0, 0.05) is 12.1 Å². The Kier molecular flexibility index (Phi) is 4.80. The summed E-state index contributed by atoms with van der Waals surface area (Å²) < 4.78 is 5.13. The lowest BCUT2D eigenvalue weighted by Crippen LogP contribution is -2.41. The molecule has 2 atom stereocenters. The monoisotopic (exact) mass is 262 g/mol. The number of rotatable bonds is 4. The molecule has 0 bridgehead atoms. The molecule has 1 heterocycles. The predicted octanol–water partition coefficient (Wildman–Crippen LogP) is 1.67. The molecule has 0 aliphatic carbocycles. The standard InChI is InChI=1S/C15H22N2O2/c1-11-9-16-7-6-13(11)10-17-15(18)12-4-3-5-14(8-12)19-2/h3-5,8,11,13,16H,6-7,9-10H2,1-2H3,(H,17,18). The molecule has 1 saturated heterocycles. The van der Waals surface area contributed by atoms with E-state index in [9.17, 15) is 4.79 Å². The fraction of sp³-hybridized carbons (Fsp3) is 0.533. The molecule has 104 valence electrons. The Hall–Kier alpha value is -1.55. The van der Waals surface area contributed by atoms with Gasteiger partial charge in [0.15, 0.2) is 0 Å². The Morgan fingerprint density at radius 1 is 1.53 bits per heavy atom. The number of benzene rings is 1. The smallest absolute Gasteiger partial charge is 0.251 e. The highest BCUT2D eigenvalue weighted by atomic mass is 16.5. The first-order valence-corrected chi connectivity index (χ1v) is 6.83. The Labute approximate surface area is 114 Å². The largest absolute Gasteiger partial charge is 0.497 e. The van der Waals surface area contributed by atoms with Crippen molar-refractivity contribution in [1.82, 2.24) is 10.6 Å². The zero-order chi connectivity index (χ0) is 13.7. The van der Waals surface area contributed by atoms with Gasteiger partial charge < -0.3 is 15.4 Å². The third-order valence-electron chi connectivity index (χ3n) is 3.82. The summed E-state index contributed by atoms with van der Waals surface area (Å²) in [6, 6.07) is 7.25. The van der Waals surface area contributed by atoms with Gasteiger partial charge in [0.25, 0.3) is 5.91 Å². The molecule has 2 unspecified atom stereocenters. The van der Waals surface area contributed by atoms with E-state index in [1.807, 2.05) is 18.2 Å². The molecular weight excluding hydrogens is 240 g/mol. The van der Waals surface area contributed by atoms with Gasteiger partial charge in [-0.1, -0.05) is 13.0 Å². The molecule has 1 fully saturated rings. The van der Waals surface area contributed by atoms with Gasteiger partial charge in [0.1, 0.15) is 5.75 Å². The van der Waals surface area contributed by atoms with Crippen molar-refractivity contribution in [2.75, 3.05) is 26.7 Å². The van der Waals surface area contributed by atoms with Gasteiger partial charge in [-0.3, -0.25) is 4.79 Å². The number of hydrogen-bond acceptors (Lipinski definition) is 3. The maximum absolute atomic E-state index is 12.1. The van der Waals surface area contributed by atoms with Crippen molar-refractivity contribution in [2.24, 2.45) is 11.8 Å². The number of amides is 1. The van der Waals surface area contributed by atoms with Crippen LogP contribution in [-0.2, 0) is 0 Å². The van der Waals surface area contributed by atoms with E-state index in [2.05, 4.69) is 17.6 Å². The topological polar surface area (TPSA) is 50.4 Å². The predicted molar refractivity (Wildman–Crippen MR) is 75.5 cm³/mol. The zero-order valence-electron chi connectivity index (χ0n) is 11.6. The van der Waals surface area contributed by atoms with Crippen molar-refractivity contribution in [2.45, 2.75) is 13.3 Å². The van der Waals surface area contributed by atoms with Gasteiger partial charge in [-0.2, -0.15) is 0 Å². The molecule has 0 spiro atoms. The van der Waals surface area contributed by atoms with Gasteiger partial charge in [0.05, 0.1) is 7.11 Å². The lowest BCUT2D eigenvalue weighted by atomic mass is 9.88. The van der Waals surface area contributed by atoms with Crippen LogP contribution in [-0.4, -0.2) is 32.7 Å². The van der Waals surface area contributed by atoms with Gasteiger partial charge in [-0.15, -0.1) is 0 Å². The quantitative estimate of drug-likeness (QED) is 0.868. The number of nitrogens with one attached hydrogen (secondary N) is 2. The molecule has 1 amide bonds. The summed E-state index contributed by atoms with van der Waals surface area (Å²) >= 11 is 0. The third kappa shape index (κ3) is 3.70. The second-order valence-corrected chi connectivity index (χ2v) is 5.17. The van der Waals surface area contributed by atoms with Gasteiger partial charge in [0.2, 0.25) is 0 Å². The summed E-state index contributed by atoms with van der Waals surface area (Å²) in [7, 11) is 1.60. The lowest BCUT2D eigenvalue weighted by molar-refractivity contribution is 0.0938. The Balaban J connectivity index is 1.89. The molecule has 1 aliphatic heterocycles. The second kappa shape index (κ2) is 6.57. The van der Waals surface area contributed by atoms with E-state index in [0.29, 0.717) is 23.1 Å². The SMILES string of the molecule is COc1cccc(C(=O)NCC2CCNCC2C)c1. The molecule has 1 aromatic rings. The van der Waals surface area contributed by atoms with Crippen molar-refractivity contribution in [3.8, 4) is 5.75 Å². The minimum atomic E-state index is -0.0235. The summed E-state index contributed by atoms with van der Waals surface area (Å²) in [5, 5.41) is 6.40. The van der Waals surface area contributed by atoms with Gasteiger partial charge in [-0.05, 0) is 49.5 Å². The first kappa shape index (κ1) is 13.9. The molecule has 2 N–H and O–H groups in total. The van der Waals surface area contributed by atoms with Crippen LogP contribution < -0.4 is 15.4 Å². The van der Waals surface area contributed by atoms with Crippen LogP contribution >= 0.6 is 0 Å². The average Bonchev–Trinajstić information content (AvgIpc) is 2.46. The molecule has 4 heteroatoms. The minimum absolute atomic E-state index is 0.0235. The van der Waals surface area contributed by atoms with E-state index >= 15 is 0 Å². The Morgan fingerprint density at radius 2 is 2.37 bits per heavy atom.